The van der Waals surface area contributed by atoms with Crippen LogP contribution in [0.3, 0.4) is 0 Å². The van der Waals surface area contributed by atoms with Gasteiger partial charge in [0.25, 0.3) is 0 Å². The van der Waals surface area contributed by atoms with E-state index in [1.807, 2.05) is 0 Å². The van der Waals surface area contributed by atoms with E-state index in [0.29, 0.717) is 11.0 Å². The summed E-state index contributed by atoms with van der Waals surface area (Å²) in [5, 5.41) is 9.77. The molecule has 0 fully saturated rings. The summed E-state index contributed by atoms with van der Waals surface area (Å²) in [7, 11) is -4.68. The largest absolute Gasteiger partial charge is 0.504 e. The molecule has 0 unspecified atom stereocenters. The standard InChI is InChI=1S/C12H9N3O4S/c13-6-5-9-10(12(11(6)16)20(17,18)19)15-8-4-2-1-3-7(8)14-9/h1-5,16H,13H2,(H,17,18,19). The third-order valence-corrected chi connectivity index (χ3v) is 3.75. The molecule has 0 saturated heterocycles. The summed E-state index contributed by atoms with van der Waals surface area (Å²) in [6.45, 7) is 0. The Morgan fingerprint density at radius 1 is 1.05 bits per heavy atom. The summed E-state index contributed by atoms with van der Waals surface area (Å²) < 4.78 is 32.1. The van der Waals surface area contributed by atoms with Crippen molar-refractivity contribution in [1.29, 1.82) is 0 Å². The van der Waals surface area contributed by atoms with Crippen molar-refractivity contribution in [3.05, 3.63) is 30.3 Å². The Balaban J connectivity index is 2.59. The average molecular weight is 291 g/mol. The van der Waals surface area contributed by atoms with Crippen LogP contribution in [-0.4, -0.2) is 28.0 Å². The molecule has 0 spiro atoms. The number of phenolic OH excluding ortho intramolecular Hbond substituents is 1. The number of aromatic nitrogens is 2. The third-order valence-electron chi connectivity index (χ3n) is 2.85. The van der Waals surface area contributed by atoms with E-state index in [4.69, 9.17) is 5.73 Å². The van der Waals surface area contributed by atoms with Crippen LogP contribution >= 0.6 is 0 Å². The first-order chi connectivity index (χ1) is 9.38. The predicted octanol–water partition coefficient (Wildman–Crippen LogP) is 1.32. The number of hydrogen-bond donors (Lipinski definition) is 3. The van der Waals surface area contributed by atoms with Gasteiger partial charge < -0.3 is 10.8 Å². The van der Waals surface area contributed by atoms with Crippen LogP contribution in [-0.2, 0) is 10.1 Å². The van der Waals surface area contributed by atoms with Gasteiger partial charge in [-0.3, -0.25) is 4.55 Å². The number of anilines is 1. The zero-order valence-electron chi connectivity index (χ0n) is 9.98. The Morgan fingerprint density at radius 2 is 1.65 bits per heavy atom. The van der Waals surface area contributed by atoms with Crippen LogP contribution in [0.1, 0.15) is 0 Å². The second-order valence-electron chi connectivity index (χ2n) is 4.20. The maximum Gasteiger partial charge on any atom is 0.300 e. The first-order valence-electron chi connectivity index (χ1n) is 5.53. The number of aromatic hydroxyl groups is 1. The Kier molecular flexibility index (Phi) is 2.53. The van der Waals surface area contributed by atoms with Crippen molar-refractivity contribution in [2.24, 2.45) is 0 Å². The van der Waals surface area contributed by atoms with Crippen molar-refractivity contribution >= 4 is 37.9 Å². The first kappa shape index (κ1) is 12.6. The molecule has 0 aliphatic heterocycles. The molecule has 8 heteroatoms. The normalized spacial score (nSPS) is 12.1. The van der Waals surface area contributed by atoms with Crippen LogP contribution in [0.15, 0.2) is 35.2 Å². The number of nitrogens with two attached hydrogens (primary N) is 1. The fourth-order valence-corrected chi connectivity index (χ4v) is 2.74. The number of para-hydroxylation sites is 2. The van der Waals surface area contributed by atoms with Gasteiger partial charge in [0.15, 0.2) is 10.6 Å². The van der Waals surface area contributed by atoms with E-state index in [2.05, 4.69) is 9.97 Å². The van der Waals surface area contributed by atoms with Gasteiger partial charge >= 0.3 is 10.1 Å². The number of hydrogen-bond acceptors (Lipinski definition) is 6. The molecular weight excluding hydrogens is 282 g/mol. The topological polar surface area (TPSA) is 126 Å². The van der Waals surface area contributed by atoms with Crippen molar-refractivity contribution in [3.63, 3.8) is 0 Å². The second kappa shape index (κ2) is 4.02. The van der Waals surface area contributed by atoms with Gasteiger partial charge in [0.05, 0.1) is 22.2 Å². The highest BCUT2D eigenvalue weighted by atomic mass is 32.2. The molecule has 2 aromatic carbocycles. The lowest BCUT2D eigenvalue weighted by atomic mass is 10.2. The lowest BCUT2D eigenvalue weighted by Gasteiger charge is -2.08. The molecule has 0 aliphatic carbocycles. The minimum Gasteiger partial charge on any atom is -0.504 e. The van der Waals surface area contributed by atoms with Gasteiger partial charge in [0.2, 0.25) is 0 Å². The van der Waals surface area contributed by atoms with Crippen molar-refractivity contribution in [2.45, 2.75) is 4.90 Å². The molecule has 1 aromatic heterocycles. The van der Waals surface area contributed by atoms with E-state index in [-0.39, 0.29) is 16.7 Å². The molecule has 3 aromatic rings. The molecule has 0 amide bonds. The molecule has 0 saturated carbocycles. The van der Waals surface area contributed by atoms with Gasteiger partial charge in [-0.15, -0.1) is 0 Å². The average Bonchev–Trinajstić information content (AvgIpc) is 2.36. The molecule has 0 bridgehead atoms. The van der Waals surface area contributed by atoms with Gasteiger partial charge in [-0.05, 0) is 18.2 Å². The highest BCUT2D eigenvalue weighted by molar-refractivity contribution is 7.86. The van der Waals surface area contributed by atoms with Crippen molar-refractivity contribution in [2.75, 3.05) is 5.73 Å². The van der Waals surface area contributed by atoms with Gasteiger partial charge in [-0.25, -0.2) is 9.97 Å². The van der Waals surface area contributed by atoms with Crippen LogP contribution in [0.5, 0.6) is 5.75 Å². The first-order valence-corrected chi connectivity index (χ1v) is 6.97. The lowest BCUT2D eigenvalue weighted by molar-refractivity contribution is 0.447. The highest BCUT2D eigenvalue weighted by Crippen LogP contribution is 2.35. The molecule has 3 rings (SSSR count). The fourth-order valence-electron chi connectivity index (χ4n) is 1.98. The zero-order chi connectivity index (χ0) is 14.5. The fraction of sp³-hybridized carbons (Fsp3) is 0. The van der Waals surface area contributed by atoms with Crippen LogP contribution in [0, 0.1) is 0 Å². The third kappa shape index (κ3) is 1.82. The highest BCUT2D eigenvalue weighted by Gasteiger charge is 2.24. The molecule has 1 heterocycles. The van der Waals surface area contributed by atoms with E-state index in [1.54, 1.807) is 24.3 Å². The number of fused-ring (bicyclic) bond motifs is 2. The molecular formula is C12H9N3O4S. The number of phenols is 1. The predicted molar refractivity (Wildman–Crippen MR) is 72.9 cm³/mol. The Morgan fingerprint density at radius 3 is 2.25 bits per heavy atom. The second-order valence-corrected chi connectivity index (χ2v) is 5.56. The molecule has 4 N–H and O–H groups in total. The number of nitrogen functional groups attached to an aromatic ring is 1. The Labute approximate surface area is 113 Å². The van der Waals surface area contributed by atoms with Crippen molar-refractivity contribution in [1.82, 2.24) is 9.97 Å². The SMILES string of the molecule is Nc1cc2nc3ccccc3nc2c(S(=O)(=O)O)c1O. The van der Waals surface area contributed by atoms with Gasteiger partial charge in [-0.1, -0.05) is 12.1 Å². The number of nitrogens with zero attached hydrogens (tertiary/aromatic N) is 2. The van der Waals surface area contributed by atoms with E-state index in [9.17, 15) is 18.1 Å². The lowest BCUT2D eigenvalue weighted by Crippen LogP contribution is -2.04. The van der Waals surface area contributed by atoms with Crippen LogP contribution in [0.2, 0.25) is 0 Å². The van der Waals surface area contributed by atoms with Gasteiger partial charge in [-0.2, -0.15) is 8.42 Å². The van der Waals surface area contributed by atoms with E-state index in [1.165, 1.54) is 6.07 Å². The quantitative estimate of drug-likeness (QED) is 0.267. The molecule has 0 aliphatic rings. The minimum absolute atomic E-state index is 0.127. The summed E-state index contributed by atoms with van der Waals surface area (Å²) >= 11 is 0. The van der Waals surface area contributed by atoms with Crippen molar-refractivity contribution < 1.29 is 18.1 Å². The maximum atomic E-state index is 11.4. The maximum absolute atomic E-state index is 11.4. The Hall–Kier alpha value is -2.45. The van der Waals surface area contributed by atoms with E-state index in [0.717, 1.165) is 0 Å². The van der Waals surface area contributed by atoms with E-state index >= 15 is 0 Å². The van der Waals surface area contributed by atoms with Crippen molar-refractivity contribution in [3.8, 4) is 5.75 Å². The molecule has 0 atom stereocenters. The van der Waals surface area contributed by atoms with Gasteiger partial charge in [0, 0.05) is 0 Å². The molecule has 20 heavy (non-hydrogen) atoms. The monoisotopic (exact) mass is 291 g/mol. The number of rotatable bonds is 1. The molecule has 7 nitrogen and oxygen atoms in total. The number of benzene rings is 2. The minimum atomic E-state index is -4.68. The smallest absolute Gasteiger partial charge is 0.300 e. The molecule has 0 radical (unpaired) electrons. The zero-order valence-corrected chi connectivity index (χ0v) is 10.8. The van der Waals surface area contributed by atoms with Crippen LogP contribution in [0.25, 0.3) is 22.1 Å². The van der Waals surface area contributed by atoms with Gasteiger partial charge in [0.1, 0.15) is 5.52 Å². The summed E-state index contributed by atoms with van der Waals surface area (Å²) in [6, 6.07) is 8.13. The van der Waals surface area contributed by atoms with Crippen LogP contribution < -0.4 is 5.73 Å². The Bertz CT molecular complexity index is 954. The summed E-state index contributed by atoms with van der Waals surface area (Å²) in [4.78, 5) is 7.62. The van der Waals surface area contributed by atoms with E-state index < -0.39 is 20.8 Å². The summed E-state index contributed by atoms with van der Waals surface area (Å²) in [5.41, 5.74) is 6.37. The molecule has 102 valence electrons. The summed E-state index contributed by atoms with van der Waals surface area (Å²) in [6.07, 6.45) is 0. The summed E-state index contributed by atoms with van der Waals surface area (Å²) in [5.74, 6) is -0.732. The van der Waals surface area contributed by atoms with Crippen LogP contribution in [0.4, 0.5) is 5.69 Å².